The van der Waals surface area contributed by atoms with Crippen molar-refractivity contribution >= 4 is 54.4 Å². The summed E-state index contributed by atoms with van der Waals surface area (Å²) in [5.41, 5.74) is 8.06. The van der Waals surface area contributed by atoms with Gasteiger partial charge in [-0.25, -0.2) is 4.98 Å². The van der Waals surface area contributed by atoms with Gasteiger partial charge < -0.3 is 4.57 Å². The summed E-state index contributed by atoms with van der Waals surface area (Å²) in [6.07, 6.45) is 5.58. The van der Waals surface area contributed by atoms with Crippen molar-refractivity contribution < 1.29 is 0 Å². The van der Waals surface area contributed by atoms with Gasteiger partial charge in [-0.05, 0) is 89.1 Å². The lowest BCUT2D eigenvalue weighted by Crippen LogP contribution is -1.97. The van der Waals surface area contributed by atoms with Crippen molar-refractivity contribution in [2.24, 2.45) is 0 Å². The summed E-state index contributed by atoms with van der Waals surface area (Å²) in [7, 11) is 0. The molecule has 4 heteroatoms. The van der Waals surface area contributed by atoms with E-state index in [4.69, 9.17) is 4.98 Å². The monoisotopic (exact) mass is 536 g/mol. The van der Waals surface area contributed by atoms with Gasteiger partial charge in [-0.1, -0.05) is 54.6 Å². The fourth-order valence-electron chi connectivity index (χ4n) is 6.51. The van der Waals surface area contributed by atoms with Gasteiger partial charge in [-0.3, -0.25) is 9.55 Å². The van der Waals surface area contributed by atoms with Gasteiger partial charge in [0.15, 0.2) is 0 Å². The highest BCUT2D eigenvalue weighted by Crippen LogP contribution is 2.39. The number of para-hydroxylation sites is 3. The maximum Gasteiger partial charge on any atom is 0.137 e. The first-order valence-electron chi connectivity index (χ1n) is 14.2. The third-order valence-electron chi connectivity index (χ3n) is 8.43. The van der Waals surface area contributed by atoms with E-state index in [0.717, 1.165) is 33.7 Å². The number of fused-ring (bicyclic) bond motifs is 7. The molecule has 0 aliphatic heterocycles. The van der Waals surface area contributed by atoms with E-state index in [1.165, 1.54) is 43.4 Å². The molecule has 0 saturated heterocycles. The summed E-state index contributed by atoms with van der Waals surface area (Å²) in [4.78, 5) is 9.10. The Labute approximate surface area is 241 Å². The highest BCUT2D eigenvalue weighted by Gasteiger charge is 2.17. The Morgan fingerprint density at radius 1 is 0.429 bits per heavy atom. The molecule has 0 spiro atoms. The van der Waals surface area contributed by atoms with Crippen LogP contribution in [0.5, 0.6) is 0 Å². The summed E-state index contributed by atoms with van der Waals surface area (Å²) in [5, 5.41) is 7.41. The van der Waals surface area contributed by atoms with Gasteiger partial charge >= 0.3 is 0 Å². The van der Waals surface area contributed by atoms with Crippen LogP contribution in [-0.4, -0.2) is 19.1 Å². The number of hydrogen-bond acceptors (Lipinski definition) is 2. The van der Waals surface area contributed by atoms with E-state index in [2.05, 4.69) is 129 Å². The van der Waals surface area contributed by atoms with E-state index in [1.54, 1.807) is 0 Å². The van der Waals surface area contributed by atoms with Crippen LogP contribution in [0.25, 0.3) is 77.0 Å². The maximum atomic E-state index is 4.95. The lowest BCUT2D eigenvalue weighted by molar-refractivity contribution is 1.08. The number of pyridine rings is 2. The smallest absolute Gasteiger partial charge is 0.137 e. The average molecular weight is 537 g/mol. The average Bonchev–Trinajstić information content (AvgIpc) is 3.55. The zero-order chi connectivity index (χ0) is 27.6. The number of benzene rings is 5. The van der Waals surface area contributed by atoms with Crippen molar-refractivity contribution in [1.29, 1.82) is 0 Å². The quantitative estimate of drug-likeness (QED) is 0.225. The van der Waals surface area contributed by atoms with Gasteiger partial charge in [0.2, 0.25) is 0 Å². The van der Waals surface area contributed by atoms with Crippen LogP contribution in [-0.2, 0) is 0 Å². The zero-order valence-electron chi connectivity index (χ0n) is 22.6. The summed E-state index contributed by atoms with van der Waals surface area (Å²) in [6, 6.07) is 45.6. The largest absolute Gasteiger partial charge is 0.309 e. The fraction of sp³-hybridized carbons (Fsp3) is 0. The fourth-order valence-corrected chi connectivity index (χ4v) is 6.51. The predicted octanol–water partition coefficient (Wildman–Crippen LogP) is 9.49. The van der Waals surface area contributed by atoms with Gasteiger partial charge in [-0.15, -0.1) is 0 Å². The maximum absolute atomic E-state index is 4.95. The molecule has 4 aromatic heterocycles. The topological polar surface area (TPSA) is 35.6 Å². The summed E-state index contributed by atoms with van der Waals surface area (Å²) >= 11 is 0. The SMILES string of the molecule is c1ccc(-n2c3ccccc3c3cc4cc5c6ccccc6n(-c6ccc(-c7ccncc7)cn6)c5cc4cc32)cc1. The van der Waals surface area contributed by atoms with Crippen molar-refractivity contribution in [2.45, 2.75) is 0 Å². The standard InChI is InChI=1S/C38H24N4/c1-2-8-29(9-3-1)41-34-12-6-4-10-30(34)32-20-27-21-33-31-11-5-7-13-35(31)42(37(33)23-28(27)22-36(32)41)38-15-14-26(24-40-38)25-16-18-39-19-17-25/h1-24H. The first-order chi connectivity index (χ1) is 20.8. The molecule has 42 heavy (non-hydrogen) atoms. The molecule has 0 radical (unpaired) electrons. The molecule has 196 valence electrons. The van der Waals surface area contributed by atoms with Crippen molar-refractivity contribution in [2.75, 3.05) is 0 Å². The van der Waals surface area contributed by atoms with Crippen LogP contribution in [0.2, 0.25) is 0 Å². The molecular weight excluding hydrogens is 512 g/mol. The predicted molar refractivity (Wildman–Crippen MR) is 174 cm³/mol. The molecule has 0 saturated carbocycles. The lowest BCUT2D eigenvalue weighted by atomic mass is 10.0. The molecule has 0 unspecified atom stereocenters. The summed E-state index contributed by atoms with van der Waals surface area (Å²) < 4.78 is 4.67. The minimum Gasteiger partial charge on any atom is -0.309 e. The van der Waals surface area contributed by atoms with E-state index in [1.807, 2.05) is 30.7 Å². The third-order valence-corrected chi connectivity index (χ3v) is 8.43. The molecule has 9 rings (SSSR count). The van der Waals surface area contributed by atoms with Crippen LogP contribution in [0.15, 0.2) is 146 Å². The minimum atomic E-state index is 0.901. The Morgan fingerprint density at radius 3 is 1.69 bits per heavy atom. The molecule has 4 nitrogen and oxygen atoms in total. The van der Waals surface area contributed by atoms with Gasteiger partial charge in [0.25, 0.3) is 0 Å². The van der Waals surface area contributed by atoms with Crippen LogP contribution in [0.3, 0.4) is 0 Å². The van der Waals surface area contributed by atoms with Crippen molar-refractivity contribution in [1.82, 2.24) is 19.1 Å². The van der Waals surface area contributed by atoms with Crippen LogP contribution in [0.4, 0.5) is 0 Å². The lowest BCUT2D eigenvalue weighted by Gasteiger charge is -2.10. The Kier molecular flexibility index (Phi) is 4.87. The van der Waals surface area contributed by atoms with Crippen LogP contribution >= 0.6 is 0 Å². The number of rotatable bonds is 3. The van der Waals surface area contributed by atoms with E-state index in [9.17, 15) is 0 Å². The molecule has 0 aliphatic carbocycles. The first kappa shape index (κ1) is 23.0. The molecule has 0 fully saturated rings. The van der Waals surface area contributed by atoms with Crippen LogP contribution in [0.1, 0.15) is 0 Å². The molecule has 0 aliphatic rings. The Hall–Kier alpha value is -5.74. The van der Waals surface area contributed by atoms with Gasteiger partial charge in [-0.2, -0.15) is 0 Å². The van der Waals surface area contributed by atoms with Gasteiger partial charge in [0.1, 0.15) is 5.82 Å². The summed E-state index contributed by atoms with van der Waals surface area (Å²) in [6.45, 7) is 0. The third kappa shape index (κ3) is 3.36. The second-order valence-corrected chi connectivity index (χ2v) is 10.8. The minimum absolute atomic E-state index is 0.901. The van der Waals surface area contributed by atoms with Gasteiger partial charge in [0.05, 0.1) is 22.1 Å². The Bertz CT molecular complexity index is 2430. The normalized spacial score (nSPS) is 11.8. The Balaban J connectivity index is 1.33. The zero-order valence-corrected chi connectivity index (χ0v) is 22.6. The molecule has 9 aromatic rings. The molecule has 0 amide bonds. The first-order valence-corrected chi connectivity index (χ1v) is 14.2. The number of aromatic nitrogens is 4. The van der Waals surface area contributed by atoms with E-state index >= 15 is 0 Å². The second-order valence-electron chi connectivity index (χ2n) is 10.8. The second kappa shape index (κ2) is 8.88. The van der Waals surface area contributed by atoms with E-state index in [0.29, 0.717) is 0 Å². The van der Waals surface area contributed by atoms with Crippen LogP contribution < -0.4 is 0 Å². The molecule has 0 bridgehead atoms. The molecular formula is C38H24N4. The highest BCUT2D eigenvalue weighted by molar-refractivity contribution is 6.18. The van der Waals surface area contributed by atoms with E-state index < -0.39 is 0 Å². The number of hydrogen-bond donors (Lipinski definition) is 0. The highest BCUT2D eigenvalue weighted by atomic mass is 15.1. The number of nitrogens with zero attached hydrogens (tertiary/aromatic N) is 4. The van der Waals surface area contributed by atoms with Gasteiger partial charge in [0, 0.05) is 51.4 Å². The van der Waals surface area contributed by atoms with E-state index in [-0.39, 0.29) is 0 Å². The van der Waals surface area contributed by atoms with Crippen LogP contribution in [0, 0.1) is 0 Å². The van der Waals surface area contributed by atoms with Crippen molar-refractivity contribution in [3.8, 4) is 22.6 Å². The molecule has 0 atom stereocenters. The molecule has 4 heterocycles. The molecule has 5 aromatic carbocycles. The Morgan fingerprint density at radius 2 is 1.02 bits per heavy atom. The van der Waals surface area contributed by atoms with Crippen molar-refractivity contribution in [3.05, 3.63) is 146 Å². The summed E-state index contributed by atoms with van der Waals surface area (Å²) in [5.74, 6) is 0.901. The molecule has 0 N–H and O–H groups in total. The van der Waals surface area contributed by atoms with Crippen molar-refractivity contribution in [3.63, 3.8) is 0 Å².